The van der Waals surface area contributed by atoms with E-state index in [1.807, 2.05) is 4.90 Å². The van der Waals surface area contributed by atoms with Gasteiger partial charge in [-0.05, 0) is 18.6 Å². The normalized spacial score (nSPS) is 11.6. The zero-order valence-electron chi connectivity index (χ0n) is 10.0. The SMILES string of the molecule is CCCCN(CCBr)c1ccc(C(F)(F)F)nn1. The lowest BCUT2D eigenvalue weighted by atomic mass is 10.3. The maximum Gasteiger partial charge on any atom is 0.435 e. The average molecular weight is 326 g/mol. The van der Waals surface area contributed by atoms with E-state index in [0.29, 0.717) is 12.4 Å². The van der Waals surface area contributed by atoms with Crippen LogP contribution in [0.1, 0.15) is 25.5 Å². The molecule has 1 heterocycles. The molecule has 0 unspecified atom stereocenters. The van der Waals surface area contributed by atoms with Gasteiger partial charge in [-0.25, -0.2) is 0 Å². The van der Waals surface area contributed by atoms with Crippen LogP contribution in [-0.2, 0) is 6.18 Å². The minimum absolute atomic E-state index is 0.482. The van der Waals surface area contributed by atoms with Crippen molar-refractivity contribution in [3.8, 4) is 0 Å². The fourth-order valence-electron chi connectivity index (χ4n) is 1.44. The molecule has 0 bridgehead atoms. The van der Waals surface area contributed by atoms with Crippen LogP contribution < -0.4 is 4.90 Å². The molecule has 1 aromatic heterocycles. The Bertz CT molecular complexity index is 354. The first-order valence-electron chi connectivity index (χ1n) is 5.71. The molecule has 0 atom stereocenters. The Hall–Kier alpha value is -0.850. The van der Waals surface area contributed by atoms with Crippen LogP contribution in [-0.4, -0.2) is 28.6 Å². The van der Waals surface area contributed by atoms with Crippen molar-refractivity contribution in [2.45, 2.75) is 25.9 Å². The van der Waals surface area contributed by atoms with Gasteiger partial charge in [-0.1, -0.05) is 29.3 Å². The second-order valence-corrected chi connectivity index (χ2v) is 4.60. The van der Waals surface area contributed by atoms with Gasteiger partial charge in [-0.3, -0.25) is 0 Å². The molecule has 1 aromatic rings. The number of nitrogens with zero attached hydrogens (tertiary/aromatic N) is 3. The van der Waals surface area contributed by atoms with E-state index >= 15 is 0 Å². The summed E-state index contributed by atoms with van der Waals surface area (Å²) in [6.45, 7) is 3.52. The summed E-state index contributed by atoms with van der Waals surface area (Å²) in [6.07, 6.45) is -2.45. The molecule has 0 aliphatic rings. The molecular weight excluding hydrogens is 311 g/mol. The largest absolute Gasteiger partial charge is 0.435 e. The Labute approximate surface area is 113 Å². The van der Waals surface area contributed by atoms with E-state index in [1.165, 1.54) is 6.07 Å². The van der Waals surface area contributed by atoms with Crippen molar-refractivity contribution in [2.24, 2.45) is 0 Å². The van der Waals surface area contributed by atoms with Crippen molar-refractivity contribution in [1.82, 2.24) is 10.2 Å². The van der Waals surface area contributed by atoms with E-state index < -0.39 is 11.9 Å². The maximum absolute atomic E-state index is 12.3. The molecule has 0 aliphatic heterocycles. The van der Waals surface area contributed by atoms with E-state index in [2.05, 4.69) is 33.1 Å². The summed E-state index contributed by atoms with van der Waals surface area (Å²) in [5.41, 5.74) is -0.958. The summed E-state index contributed by atoms with van der Waals surface area (Å²) < 4.78 is 37.0. The summed E-state index contributed by atoms with van der Waals surface area (Å²) in [5.74, 6) is 0.482. The van der Waals surface area contributed by atoms with Gasteiger partial charge in [0, 0.05) is 18.4 Å². The van der Waals surface area contributed by atoms with E-state index in [0.717, 1.165) is 30.8 Å². The molecule has 1 rings (SSSR count). The molecule has 0 saturated carbocycles. The monoisotopic (exact) mass is 325 g/mol. The maximum atomic E-state index is 12.3. The molecular formula is C11H15BrF3N3. The second kappa shape index (κ2) is 6.92. The number of aromatic nitrogens is 2. The fourth-order valence-corrected chi connectivity index (χ4v) is 1.87. The van der Waals surface area contributed by atoms with Crippen LogP contribution >= 0.6 is 15.9 Å². The molecule has 0 amide bonds. The van der Waals surface area contributed by atoms with Crippen molar-refractivity contribution in [1.29, 1.82) is 0 Å². The zero-order valence-corrected chi connectivity index (χ0v) is 11.6. The van der Waals surface area contributed by atoms with Gasteiger partial charge in [0.15, 0.2) is 11.5 Å². The van der Waals surface area contributed by atoms with E-state index in [-0.39, 0.29) is 0 Å². The molecule has 3 nitrogen and oxygen atoms in total. The number of hydrogen-bond donors (Lipinski definition) is 0. The zero-order chi connectivity index (χ0) is 13.6. The molecule has 0 aromatic carbocycles. The summed E-state index contributed by atoms with van der Waals surface area (Å²) in [7, 11) is 0. The molecule has 0 aliphatic carbocycles. The number of unbranched alkanes of at least 4 members (excludes halogenated alkanes) is 1. The smallest absolute Gasteiger partial charge is 0.354 e. The van der Waals surface area contributed by atoms with Gasteiger partial charge in [0.2, 0.25) is 0 Å². The highest BCUT2D eigenvalue weighted by atomic mass is 79.9. The highest BCUT2D eigenvalue weighted by Crippen LogP contribution is 2.27. The van der Waals surface area contributed by atoms with Gasteiger partial charge in [0.05, 0.1) is 0 Å². The third kappa shape index (κ3) is 4.44. The van der Waals surface area contributed by atoms with Crippen LogP contribution in [0.4, 0.5) is 19.0 Å². The van der Waals surface area contributed by atoms with Crippen LogP contribution in [0.2, 0.25) is 0 Å². The summed E-state index contributed by atoms with van der Waals surface area (Å²) in [6, 6.07) is 2.34. The topological polar surface area (TPSA) is 29.0 Å². The van der Waals surface area contributed by atoms with Crippen molar-refractivity contribution < 1.29 is 13.2 Å². The summed E-state index contributed by atoms with van der Waals surface area (Å²) >= 11 is 3.32. The van der Waals surface area contributed by atoms with Gasteiger partial charge in [-0.2, -0.15) is 13.2 Å². The van der Waals surface area contributed by atoms with Gasteiger partial charge < -0.3 is 4.90 Å². The van der Waals surface area contributed by atoms with Crippen molar-refractivity contribution in [2.75, 3.05) is 23.3 Å². The number of rotatable bonds is 6. The second-order valence-electron chi connectivity index (χ2n) is 3.80. The first-order chi connectivity index (χ1) is 8.49. The van der Waals surface area contributed by atoms with Crippen LogP contribution in [0.3, 0.4) is 0 Å². The highest BCUT2D eigenvalue weighted by molar-refractivity contribution is 9.09. The van der Waals surface area contributed by atoms with Crippen LogP contribution in [0.15, 0.2) is 12.1 Å². The Balaban J connectivity index is 2.79. The lowest BCUT2D eigenvalue weighted by Gasteiger charge is -2.22. The molecule has 102 valence electrons. The molecule has 0 saturated heterocycles. The minimum atomic E-state index is -4.44. The lowest BCUT2D eigenvalue weighted by Crippen LogP contribution is -2.28. The van der Waals surface area contributed by atoms with Gasteiger partial charge in [-0.15, -0.1) is 10.2 Å². The number of alkyl halides is 4. The Morgan fingerprint density at radius 3 is 2.39 bits per heavy atom. The van der Waals surface area contributed by atoms with E-state index in [9.17, 15) is 13.2 Å². The molecule has 18 heavy (non-hydrogen) atoms. The van der Waals surface area contributed by atoms with Crippen molar-refractivity contribution >= 4 is 21.7 Å². The Morgan fingerprint density at radius 1 is 1.22 bits per heavy atom. The number of halogens is 4. The Kier molecular flexibility index (Phi) is 5.84. The van der Waals surface area contributed by atoms with Crippen molar-refractivity contribution in [3.05, 3.63) is 17.8 Å². The Morgan fingerprint density at radius 2 is 1.94 bits per heavy atom. The minimum Gasteiger partial charge on any atom is -0.354 e. The lowest BCUT2D eigenvalue weighted by molar-refractivity contribution is -0.141. The predicted molar refractivity (Wildman–Crippen MR) is 67.9 cm³/mol. The van der Waals surface area contributed by atoms with Gasteiger partial charge in [0.1, 0.15) is 0 Å². The predicted octanol–water partition coefficient (Wildman–Crippen LogP) is 3.50. The molecule has 0 N–H and O–H groups in total. The number of hydrogen-bond acceptors (Lipinski definition) is 3. The summed E-state index contributed by atoms with van der Waals surface area (Å²) in [4.78, 5) is 1.92. The quantitative estimate of drug-likeness (QED) is 0.749. The van der Waals surface area contributed by atoms with E-state index in [4.69, 9.17) is 0 Å². The van der Waals surface area contributed by atoms with Crippen LogP contribution in [0.5, 0.6) is 0 Å². The highest BCUT2D eigenvalue weighted by Gasteiger charge is 2.33. The van der Waals surface area contributed by atoms with Crippen LogP contribution in [0, 0.1) is 0 Å². The molecule has 7 heteroatoms. The molecule has 0 radical (unpaired) electrons. The average Bonchev–Trinajstić information content (AvgIpc) is 2.33. The third-order valence-electron chi connectivity index (χ3n) is 2.40. The number of anilines is 1. The van der Waals surface area contributed by atoms with E-state index in [1.54, 1.807) is 0 Å². The molecule has 0 spiro atoms. The fraction of sp³-hybridized carbons (Fsp3) is 0.636. The molecule has 0 fully saturated rings. The van der Waals surface area contributed by atoms with Crippen LogP contribution in [0.25, 0.3) is 0 Å². The standard InChI is InChI=1S/C11H15BrF3N3/c1-2-3-7-18(8-6-12)10-5-4-9(16-17-10)11(13,14)15/h4-5H,2-3,6-8H2,1H3. The first kappa shape index (κ1) is 15.2. The van der Waals surface area contributed by atoms with Gasteiger partial charge >= 0.3 is 6.18 Å². The summed E-state index contributed by atoms with van der Waals surface area (Å²) in [5, 5.41) is 7.62. The third-order valence-corrected chi connectivity index (χ3v) is 2.76. The van der Waals surface area contributed by atoms with Crippen molar-refractivity contribution in [3.63, 3.8) is 0 Å². The van der Waals surface area contributed by atoms with Gasteiger partial charge in [0.25, 0.3) is 0 Å². The first-order valence-corrected chi connectivity index (χ1v) is 6.83.